The molecule has 0 radical (unpaired) electrons. The summed E-state index contributed by atoms with van der Waals surface area (Å²) in [5.41, 5.74) is -2.08. The van der Waals surface area contributed by atoms with E-state index in [2.05, 4.69) is 26.1 Å². The largest absolute Gasteiger partial charge is 0.508 e. The Balaban J connectivity index is 1.27. The van der Waals surface area contributed by atoms with Gasteiger partial charge in [-0.2, -0.15) is 9.97 Å². The van der Waals surface area contributed by atoms with Crippen molar-refractivity contribution >= 4 is 27.5 Å². The molecule has 3 saturated heterocycles. The van der Waals surface area contributed by atoms with Crippen LogP contribution < -0.4 is 15.0 Å². The van der Waals surface area contributed by atoms with Crippen LogP contribution in [-0.4, -0.2) is 77.3 Å². The maximum Gasteiger partial charge on any atom is 0.319 e. The maximum atomic E-state index is 16.9. The lowest BCUT2D eigenvalue weighted by Crippen LogP contribution is -2.53. The second kappa shape index (κ2) is 12.0. The van der Waals surface area contributed by atoms with Crippen molar-refractivity contribution in [2.24, 2.45) is 11.3 Å². The first kappa shape index (κ1) is 32.0. The van der Waals surface area contributed by atoms with Gasteiger partial charge < -0.3 is 20.1 Å². The molecule has 12 heteroatoms. The van der Waals surface area contributed by atoms with Crippen LogP contribution in [0, 0.1) is 41.1 Å². The normalized spacial score (nSPS) is 25.8. The molecule has 8 rings (SSSR count). The summed E-state index contributed by atoms with van der Waals surface area (Å²) in [5.74, 6) is -1.46. The zero-order chi connectivity index (χ0) is 34.2. The summed E-state index contributed by atoms with van der Waals surface area (Å²) in [6.07, 6.45) is 7.41. The quantitative estimate of drug-likeness (QED) is 0.168. The average Bonchev–Trinajstić information content (AvgIpc) is 3.87. The topological polar surface area (TPSA) is 73.8 Å². The van der Waals surface area contributed by atoms with Crippen LogP contribution in [0.2, 0.25) is 0 Å². The van der Waals surface area contributed by atoms with Crippen molar-refractivity contribution in [3.63, 3.8) is 0 Å². The number of piperazine rings is 1. The number of hydrogen-bond acceptors (Lipinski definition) is 7. The van der Waals surface area contributed by atoms with E-state index < -0.39 is 40.8 Å². The Hall–Kier alpha value is -4.21. The van der Waals surface area contributed by atoms with E-state index in [1.54, 1.807) is 6.92 Å². The molecule has 49 heavy (non-hydrogen) atoms. The van der Waals surface area contributed by atoms with Gasteiger partial charge in [0.05, 0.1) is 17.7 Å². The van der Waals surface area contributed by atoms with E-state index in [1.807, 2.05) is 4.90 Å². The molecule has 0 amide bonds. The first-order valence-corrected chi connectivity index (χ1v) is 16.8. The Morgan fingerprint density at radius 1 is 1.04 bits per heavy atom. The Morgan fingerprint density at radius 3 is 2.49 bits per heavy atom. The number of aromatic hydroxyl groups is 1. The maximum absolute atomic E-state index is 16.9. The number of phenols is 1. The lowest BCUT2D eigenvalue weighted by molar-refractivity contribution is -0.0749. The zero-order valence-electron chi connectivity index (χ0n) is 27.0. The number of benzene rings is 3. The number of piperidine rings is 1. The van der Waals surface area contributed by atoms with Gasteiger partial charge in [-0.25, -0.2) is 22.0 Å². The van der Waals surface area contributed by atoms with Gasteiger partial charge in [0.1, 0.15) is 28.7 Å². The number of rotatable bonds is 7. The van der Waals surface area contributed by atoms with Crippen LogP contribution in [0.1, 0.15) is 44.6 Å². The number of fused-ring (bicyclic) bond motifs is 4. The summed E-state index contributed by atoms with van der Waals surface area (Å²) < 4.78 is 82.9. The van der Waals surface area contributed by atoms with Crippen LogP contribution in [0.5, 0.6) is 11.8 Å². The molecule has 0 spiro atoms. The first-order valence-electron chi connectivity index (χ1n) is 16.8. The van der Waals surface area contributed by atoms with Crippen molar-refractivity contribution < 1.29 is 31.8 Å². The molecule has 4 fully saturated rings. The number of halogens is 5. The van der Waals surface area contributed by atoms with Crippen LogP contribution in [0.3, 0.4) is 0 Å². The van der Waals surface area contributed by atoms with Gasteiger partial charge in [0.15, 0.2) is 5.82 Å². The highest BCUT2D eigenvalue weighted by atomic mass is 19.3. The highest BCUT2D eigenvalue weighted by Gasteiger charge is 2.48. The Bertz CT molecular complexity index is 2000. The molecule has 0 unspecified atom stereocenters. The first-order chi connectivity index (χ1) is 23.5. The third-order valence-corrected chi connectivity index (χ3v) is 10.9. The summed E-state index contributed by atoms with van der Waals surface area (Å²) in [6.45, 7) is 3.77. The van der Waals surface area contributed by atoms with E-state index in [0.717, 1.165) is 43.9 Å². The highest BCUT2D eigenvalue weighted by Crippen LogP contribution is 2.45. The van der Waals surface area contributed by atoms with Crippen LogP contribution >= 0.6 is 0 Å². The lowest BCUT2D eigenvalue weighted by Gasteiger charge is -2.45. The van der Waals surface area contributed by atoms with Crippen LogP contribution in [0.15, 0.2) is 30.3 Å². The molecule has 1 saturated carbocycles. The van der Waals surface area contributed by atoms with Gasteiger partial charge in [0, 0.05) is 65.4 Å². The van der Waals surface area contributed by atoms with Crippen molar-refractivity contribution in [1.29, 1.82) is 0 Å². The molecule has 3 aliphatic heterocycles. The van der Waals surface area contributed by atoms with Crippen molar-refractivity contribution in [2.45, 2.75) is 63.6 Å². The lowest BCUT2D eigenvalue weighted by atomic mass is 9.73. The Kier molecular flexibility index (Phi) is 7.83. The van der Waals surface area contributed by atoms with E-state index in [4.69, 9.17) is 11.2 Å². The molecule has 1 aliphatic carbocycles. The van der Waals surface area contributed by atoms with Gasteiger partial charge in [0.2, 0.25) is 6.43 Å². The molecule has 3 aromatic carbocycles. The molecule has 4 aliphatic rings. The number of anilines is 1. The van der Waals surface area contributed by atoms with Gasteiger partial charge >= 0.3 is 6.01 Å². The number of terminal acetylenes is 1. The minimum absolute atomic E-state index is 0.0605. The molecular weight excluding hydrogens is 641 g/mol. The van der Waals surface area contributed by atoms with Crippen LogP contribution in [-0.2, 0) is 0 Å². The SMILES string of the molecule is C#Cc1c(F)ccc2cc(O)cc(-c3c(F)cc4c(N5C[C@H]6CC[C@@H](C5)N6)nc(OC[C@]5(C)CN(C6CC6)CC[C@H]5C(F)F)nc4c3F)c12. The highest BCUT2D eigenvalue weighted by molar-refractivity contribution is 6.04. The standard InChI is InChI=1S/C37H36F5N5O2/c1-3-24-28(38)9-4-19-12-23(48)13-25(30(19)24)31-29(39)14-26-33(32(31)40)44-36(45-35(26)47-15-20-5-6-21(16-47)43-20)49-18-37(2)17-46(22-7-8-22)11-10-27(37)34(41)42/h1,4,9,12-14,20-22,27,34,43,48H,5-8,10-11,15-18H2,2H3/t20-,21+,27-,37-/m0/s1. The van der Waals surface area contributed by atoms with Crippen molar-refractivity contribution in [3.8, 4) is 35.2 Å². The Morgan fingerprint density at radius 2 is 1.80 bits per heavy atom. The van der Waals surface area contributed by atoms with Crippen molar-refractivity contribution in [2.75, 3.05) is 37.7 Å². The summed E-state index contributed by atoms with van der Waals surface area (Å²) in [7, 11) is 0. The van der Waals surface area contributed by atoms with Crippen LogP contribution in [0.25, 0.3) is 32.8 Å². The van der Waals surface area contributed by atoms with Gasteiger partial charge in [0.25, 0.3) is 0 Å². The second-order valence-electron chi connectivity index (χ2n) is 14.3. The number of likely N-dealkylation sites (tertiary alicyclic amines) is 1. The Labute approximate surface area is 280 Å². The summed E-state index contributed by atoms with van der Waals surface area (Å²) in [5, 5.41) is 14.5. The van der Waals surface area contributed by atoms with E-state index in [1.165, 1.54) is 12.1 Å². The predicted octanol–water partition coefficient (Wildman–Crippen LogP) is 6.63. The van der Waals surface area contributed by atoms with E-state index in [0.29, 0.717) is 44.0 Å². The third-order valence-electron chi connectivity index (χ3n) is 10.9. The molecule has 4 heterocycles. The fourth-order valence-electron chi connectivity index (χ4n) is 8.32. The molecule has 256 valence electrons. The second-order valence-corrected chi connectivity index (χ2v) is 14.3. The fourth-order valence-corrected chi connectivity index (χ4v) is 8.32. The van der Waals surface area contributed by atoms with E-state index in [-0.39, 0.29) is 63.7 Å². The monoisotopic (exact) mass is 677 g/mol. The number of ether oxygens (including phenoxy) is 1. The number of nitrogens with one attached hydrogen (secondary N) is 1. The summed E-state index contributed by atoms with van der Waals surface area (Å²) >= 11 is 0. The smallest absolute Gasteiger partial charge is 0.319 e. The van der Waals surface area contributed by atoms with E-state index >= 15 is 8.78 Å². The zero-order valence-corrected chi connectivity index (χ0v) is 27.0. The molecule has 2 N–H and O–H groups in total. The molecule has 2 bridgehead atoms. The van der Waals surface area contributed by atoms with Gasteiger partial charge in [-0.15, -0.1) is 6.42 Å². The van der Waals surface area contributed by atoms with Gasteiger partial charge in [-0.3, -0.25) is 4.90 Å². The minimum atomic E-state index is -2.54. The predicted molar refractivity (Wildman–Crippen MR) is 176 cm³/mol. The van der Waals surface area contributed by atoms with Gasteiger partial charge in [-0.1, -0.05) is 18.9 Å². The molecular formula is C37H36F5N5O2. The molecule has 4 aromatic rings. The summed E-state index contributed by atoms with van der Waals surface area (Å²) in [4.78, 5) is 13.3. The van der Waals surface area contributed by atoms with E-state index in [9.17, 15) is 18.3 Å². The summed E-state index contributed by atoms with van der Waals surface area (Å²) in [6, 6.07) is 6.64. The average molecular weight is 678 g/mol. The van der Waals surface area contributed by atoms with Crippen molar-refractivity contribution in [1.82, 2.24) is 20.2 Å². The number of alkyl halides is 2. The number of nitrogens with zero attached hydrogens (tertiary/aromatic N) is 4. The molecule has 7 nitrogen and oxygen atoms in total. The fraction of sp³-hybridized carbons (Fsp3) is 0.459. The third kappa shape index (κ3) is 5.61. The number of aromatic nitrogens is 2. The number of hydrogen-bond donors (Lipinski definition) is 2. The van der Waals surface area contributed by atoms with Gasteiger partial charge in [-0.05, 0) is 68.3 Å². The molecule has 4 atom stereocenters. The number of phenolic OH excluding ortho intramolecular Hbond substituents is 1. The van der Waals surface area contributed by atoms with Crippen LogP contribution in [0.4, 0.5) is 27.8 Å². The molecule has 1 aromatic heterocycles. The minimum Gasteiger partial charge on any atom is -0.508 e. The van der Waals surface area contributed by atoms with Crippen molar-refractivity contribution in [3.05, 3.63) is 53.3 Å².